The number of fused-ring (bicyclic) bond motifs is 4. The maximum Gasteiger partial charge on any atom is 0.265 e. The molecule has 2 unspecified atom stereocenters. The van der Waals surface area contributed by atoms with Gasteiger partial charge in [-0.25, -0.2) is 4.99 Å². The maximum atomic E-state index is 13.1. The fourth-order valence-corrected chi connectivity index (χ4v) is 6.03. The summed E-state index contributed by atoms with van der Waals surface area (Å²) in [6.45, 7) is 0.996. The zero-order valence-electron chi connectivity index (χ0n) is 13.6. The zero-order valence-corrected chi connectivity index (χ0v) is 15.2. The van der Waals surface area contributed by atoms with E-state index < -0.39 is 4.75 Å². The summed E-state index contributed by atoms with van der Waals surface area (Å²) in [6, 6.07) is 16.3. The van der Waals surface area contributed by atoms with Crippen molar-refractivity contribution in [3.05, 3.63) is 64.7 Å². The van der Waals surface area contributed by atoms with E-state index in [0.29, 0.717) is 6.42 Å². The highest BCUT2D eigenvalue weighted by atomic mass is 35.5. The minimum Gasteiger partial charge on any atom is -0.366 e. The molecule has 126 valence electrons. The van der Waals surface area contributed by atoms with E-state index in [-0.39, 0.29) is 11.9 Å². The Labute approximate surface area is 156 Å². The van der Waals surface area contributed by atoms with Crippen LogP contribution < -0.4 is 4.90 Å². The van der Waals surface area contributed by atoms with E-state index in [4.69, 9.17) is 11.6 Å². The minimum atomic E-state index is -0.515. The monoisotopic (exact) mass is 368 g/mol. The Balaban J connectivity index is 1.59. The summed E-state index contributed by atoms with van der Waals surface area (Å²) in [5.41, 5.74) is 3.43. The van der Waals surface area contributed by atoms with Crippen molar-refractivity contribution in [3.8, 4) is 0 Å². The number of rotatable bonds is 1. The van der Waals surface area contributed by atoms with Crippen molar-refractivity contribution in [2.45, 2.75) is 30.1 Å². The molecular weight excluding hydrogens is 352 g/mol. The van der Waals surface area contributed by atoms with Crippen LogP contribution in [-0.2, 0) is 11.2 Å². The van der Waals surface area contributed by atoms with E-state index in [1.54, 1.807) is 11.8 Å². The number of anilines is 1. The molecule has 0 aromatic heterocycles. The SMILES string of the molecule is O=C1N=C(c2ccccc2)SC12Cc1cc(Cl)ccc1N1CCCC12. The van der Waals surface area contributed by atoms with Gasteiger partial charge in [-0.05, 0) is 36.6 Å². The lowest BCUT2D eigenvalue weighted by Gasteiger charge is -2.44. The Kier molecular flexibility index (Phi) is 3.47. The van der Waals surface area contributed by atoms with Crippen molar-refractivity contribution in [1.82, 2.24) is 0 Å². The quantitative estimate of drug-likeness (QED) is 0.751. The molecule has 0 bridgehead atoms. The summed E-state index contributed by atoms with van der Waals surface area (Å²) in [7, 11) is 0. The maximum absolute atomic E-state index is 13.1. The fraction of sp³-hybridized carbons (Fsp3) is 0.300. The van der Waals surface area contributed by atoms with Gasteiger partial charge in [0.1, 0.15) is 9.79 Å². The normalized spacial score (nSPS) is 27.4. The first-order valence-corrected chi connectivity index (χ1v) is 9.79. The van der Waals surface area contributed by atoms with Crippen LogP contribution in [0.5, 0.6) is 0 Å². The Morgan fingerprint density at radius 2 is 2.04 bits per heavy atom. The summed E-state index contributed by atoms with van der Waals surface area (Å²) in [5.74, 6) is 0.0129. The molecule has 1 spiro atoms. The number of halogens is 1. The van der Waals surface area contributed by atoms with Crippen LogP contribution in [-0.4, -0.2) is 28.3 Å². The second-order valence-corrected chi connectivity index (χ2v) is 8.64. The topological polar surface area (TPSA) is 32.7 Å². The zero-order chi connectivity index (χ0) is 17.0. The molecule has 0 aliphatic carbocycles. The average Bonchev–Trinajstić information content (AvgIpc) is 3.22. The largest absolute Gasteiger partial charge is 0.366 e. The van der Waals surface area contributed by atoms with Crippen molar-refractivity contribution < 1.29 is 4.79 Å². The molecule has 3 nitrogen and oxygen atoms in total. The molecular formula is C20H17ClN2OS. The molecule has 25 heavy (non-hydrogen) atoms. The van der Waals surface area contributed by atoms with Gasteiger partial charge in [0.05, 0.1) is 6.04 Å². The summed E-state index contributed by atoms with van der Waals surface area (Å²) in [5, 5.41) is 1.58. The number of hydrogen-bond acceptors (Lipinski definition) is 3. The Hall–Kier alpha value is -1.78. The fourth-order valence-electron chi connectivity index (χ4n) is 4.37. The van der Waals surface area contributed by atoms with Crippen LogP contribution in [0.2, 0.25) is 5.02 Å². The number of carbonyl (C=O) groups is 1. The highest BCUT2D eigenvalue weighted by Crippen LogP contribution is 2.52. The van der Waals surface area contributed by atoms with Crippen molar-refractivity contribution in [2.24, 2.45) is 4.99 Å². The van der Waals surface area contributed by atoms with Gasteiger partial charge in [0.2, 0.25) is 0 Å². The molecule has 2 atom stereocenters. The molecule has 1 fully saturated rings. The predicted molar refractivity (Wildman–Crippen MR) is 104 cm³/mol. The van der Waals surface area contributed by atoms with E-state index in [1.807, 2.05) is 42.5 Å². The number of thioether (sulfide) groups is 1. The lowest BCUT2D eigenvalue weighted by atomic mass is 9.84. The summed E-state index contributed by atoms with van der Waals surface area (Å²) >= 11 is 7.89. The van der Waals surface area contributed by atoms with Crippen LogP contribution in [0.1, 0.15) is 24.0 Å². The first-order valence-electron chi connectivity index (χ1n) is 8.60. The second kappa shape index (κ2) is 5.61. The van der Waals surface area contributed by atoms with Crippen molar-refractivity contribution in [1.29, 1.82) is 0 Å². The molecule has 0 radical (unpaired) electrons. The van der Waals surface area contributed by atoms with Gasteiger partial charge in [0.25, 0.3) is 5.91 Å². The van der Waals surface area contributed by atoms with Gasteiger partial charge >= 0.3 is 0 Å². The van der Waals surface area contributed by atoms with E-state index in [2.05, 4.69) is 16.0 Å². The Morgan fingerprint density at radius 3 is 2.88 bits per heavy atom. The first kappa shape index (κ1) is 15.5. The van der Waals surface area contributed by atoms with Crippen molar-refractivity contribution in [3.63, 3.8) is 0 Å². The summed E-state index contributed by atoms with van der Waals surface area (Å²) < 4.78 is -0.515. The third-order valence-electron chi connectivity index (χ3n) is 5.46. The molecule has 2 aromatic carbocycles. The van der Waals surface area contributed by atoms with E-state index in [9.17, 15) is 4.79 Å². The number of carbonyl (C=O) groups excluding carboxylic acids is 1. The lowest BCUT2D eigenvalue weighted by Crippen LogP contribution is -2.55. The molecule has 3 aliphatic rings. The molecule has 1 saturated heterocycles. The number of benzene rings is 2. The molecule has 5 heteroatoms. The van der Waals surface area contributed by atoms with Crippen LogP contribution in [0, 0.1) is 0 Å². The van der Waals surface area contributed by atoms with Gasteiger partial charge in [-0.2, -0.15) is 0 Å². The van der Waals surface area contributed by atoms with Crippen LogP contribution in [0.3, 0.4) is 0 Å². The van der Waals surface area contributed by atoms with Gasteiger partial charge in [-0.1, -0.05) is 53.7 Å². The summed E-state index contributed by atoms with van der Waals surface area (Å²) in [6.07, 6.45) is 2.86. The standard InChI is InChI=1S/C20H17ClN2OS/c21-15-8-9-16-14(11-15)12-20(17-7-4-10-23(16)17)19(24)22-18(25-20)13-5-2-1-3-6-13/h1-3,5-6,8-9,11,17H,4,7,10,12H2. The molecule has 3 heterocycles. The molecule has 1 amide bonds. The predicted octanol–water partition coefficient (Wildman–Crippen LogP) is 4.32. The van der Waals surface area contributed by atoms with Crippen molar-refractivity contribution in [2.75, 3.05) is 11.4 Å². The van der Waals surface area contributed by atoms with E-state index in [1.165, 1.54) is 5.69 Å². The number of hydrogen-bond donors (Lipinski definition) is 0. The number of amides is 1. The van der Waals surface area contributed by atoms with Crippen LogP contribution in [0.15, 0.2) is 53.5 Å². The van der Waals surface area contributed by atoms with Crippen LogP contribution in [0.25, 0.3) is 0 Å². The van der Waals surface area contributed by atoms with Crippen LogP contribution >= 0.6 is 23.4 Å². The smallest absolute Gasteiger partial charge is 0.265 e. The lowest BCUT2D eigenvalue weighted by molar-refractivity contribution is -0.120. The Morgan fingerprint density at radius 1 is 1.20 bits per heavy atom. The Bertz CT molecular complexity index is 898. The van der Waals surface area contributed by atoms with Gasteiger partial charge in [0.15, 0.2) is 0 Å². The van der Waals surface area contributed by atoms with Gasteiger partial charge < -0.3 is 4.90 Å². The van der Waals surface area contributed by atoms with Gasteiger partial charge in [-0.3, -0.25) is 4.79 Å². The third-order valence-corrected chi connectivity index (χ3v) is 7.17. The van der Waals surface area contributed by atoms with Crippen LogP contribution in [0.4, 0.5) is 5.69 Å². The first-order chi connectivity index (χ1) is 12.2. The number of aliphatic imine (C=N–C) groups is 1. The van der Waals surface area contributed by atoms with Gasteiger partial charge in [0, 0.05) is 29.2 Å². The molecule has 5 rings (SSSR count). The second-order valence-electron chi connectivity index (χ2n) is 6.88. The van der Waals surface area contributed by atoms with E-state index in [0.717, 1.165) is 40.6 Å². The highest BCUT2D eigenvalue weighted by molar-refractivity contribution is 8.16. The summed E-state index contributed by atoms with van der Waals surface area (Å²) in [4.78, 5) is 20.0. The molecule has 3 aliphatic heterocycles. The highest BCUT2D eigenvalue weighted by Gasteiger charge is 2.57. The van der Waals surface area contributed by atoms with Crippen molar-refractivity contribution >= 4 is 40.0 Å². The third kappa shape index (κ3) is 2.27. The number of nitrogens with zero attached hydrogens (tertiary/aromatic N) is 2. The van der Waals surface area contributed by atoms with E-state index >= 15 is 0 Å². The average molecular weight is 369 g/mol. The molecule has 0 N–H and O–H groups in total. The minimum absolute atomic E-state index is 0.0129. The molecule has 0 saturated carbocycles. The molecule has 2 aromatic rings. The van der Waals surface area contributed by atoms with Gasteiger partial charge in [-0.15, -0.1) is 0 Å².